The van der Waals surface area contributed by atoms with Crippen LogP contribution in [0.4, 0.5) is 11.4 Å². The first-order chi connectivity index (χ1) is 6.09. The Hall–Kier alpha value is -1.03. The molecular weight excluding hydrogens is 232 g/mol. The van der Waals surface area contributed by atoms with Gasteiger partial charge in [-0.2, -0.15) is 0 Å². The van der Waals surface area contributed by atoms with Crippen molar-refractivity contribution in [3.63, 3.8) is 0 Å². The summed E-state index contributed by atoms with van der Waals surface area (Å²) in [6.07, 6.45) is 0. The predicted molar refractivity (Wildman–Crippen MR) is 57.7 cm³/mol. The molecule has 0 bridgehead atoms. The van der Waals surface area contributed by atoms with E-state index in [1.807, 2.05) is 12.1 Å². The van der Waals surface area contributed by atoms with Gasteiger partial charge in [0.25, 0.3) is 0 Å². The molecule has 0 heterocycles. The minimum Gasteiger partial charge on any atom is -0.397 e. The number of hydrogen-bond donors (Lipinski definition) is 2. The molecule has 1 rings (SSSR count). The Kier molecular flexibility index (Phi) is 3.31. The van der Waals surface area contributed by atoms with Crippen LogP contribution >= 0.6 is 15.9 Å². The predicted octanol–water partition coefficient (Wildman–Crippen LogP) is 2.03. The summed E-state index contributed by atoms with van der Waals surface area (Å²) < 4.78 is 0.929. The molecular formula is C9H11BrN2O. The van der Waals surface area contributed by atoms with E-state index in [4.69, 9.17) is 5.73 Å². The molecule has 0 aliphatic carbocycles. The molecule has 13 heavy (non-hydrogen) atoms. The van der Waals surface area contributed by atoms with Gasteiger partial charge in [0, 0.05) is 4.47 Å². The van der Waals surface area contributed by atoms with E-state index in [2.05, 4.69) is 21.2 Å². The van der Waals surface area contributed by atoms with Crippen LogP contribution in [-0.2, 0) is 4.79 Å². The molecule has 0 atom stereocenters. The molecule has 3 nitrogen and oxygen atoms in total. The van der Waals surface area contributed by atoms with Crippen LogP contribution in [-0.4, -0.2) is 12.3 Å². The molecule has 4 heteroatoms. The highest BCUT2D eigenvalue weighted by molar-refractivity contribution is 9.10. The van der Waals surface area contributed by atoms with Crippen molar-refractivity contribution in [2.75, 3.05) is 17.6 Å². The van der Waals surface area contributed by atoms with E-state index >= 15 is 0 Å². The molecule has 0 aromatic heterocycles. The monoisotopic (exact) mass is 242 g/mol. The number of carbonyl (C=O) groups is 1. The fourth-order valence-corrected chi connectivity index (χ4v) is 1.29. The Morgan fingerprint density at radius 3 is 2.85 bits per heavy atom. The van der Waals surface area contributed by atoms with Gasteiger partial charge in [-0.05, 0) is 25.1 Å². The second kappa shape index (κ2) is 4.28. The van der Waals surface area contributed by atoms with Crippen molar-refractivity contribution in [3.8, 4) is 0 Å². The summed E-state index contributed by atoms with van der Waals surface area (Å²) in [5, 5.41) is 2.94. The number of ketones is 1. The smallest absolute Gasteiger partial charge is 0.148 e. The highest BCUT2D eigenvalue weighted by Crippen LogP contribution is 2.22. The number of nitrogens with one attached hydrogen (secondary N) is 1. The molecule has 0 spiro atoms. The zero-order chi connectivity index (χ0) is 9.84. The molecule has 70 valence electrons. The lowest BCUT2D eigenvalue weighted by Crippen LogP contribution is -2.10. The van der Waals surface area contributed by atoms with Gasteiger partial charge in [-0.25, -0.2) is 0 Å². The minimum atomic E-state index is 0.0855. The van der Waals surface area contributed by atoms with E-state index in [0.29, 0.717) is 12.2 Å². The lowest BCUT2D eigenvalue weighted by molar-refractivity contribution is -0.115. The summed E-state index contributed by atoms with van der Waals surface area (Å²) in [5.74, 6) is 0.0855. The normalized spacial score (nSPS) is 9.69. The van der Waals surface area contributed by atoms with Crippen molar-refractivity contribution in [2.24, 2.45) is 0 Å². The molecule has 1 aromatic rings. The van der Waals surface area contributed by atoms with Crippen molar-refractivity contribution in [1.29, 1.82) is 0 Å². The number of anilines is 2. The fourth-order valence-electron chi connectivity index (χ4n) is 0.914. The van der Waals surface area contributed by atoms with E-state index in [1.54, 1.807) is 6.07 Å². The first-order valence-corrected chi connectivity index (χ1v) is 4.67. The summed E-state index contributed by atoms with van der Waals surface area (Å²) in [6, 6.07) is 5.50. The summed E-state index contributed by atoms with van der Waals surface area (Å²) in [5.41, 5.74) is 7.13. The number of halogens is 1. The van der Waals surface area contributed by atoms with E-state index < -0.39 is 0 Å². The van der Waals surface area contributed by atoms with Crippen molar-refractivity contribution < 1.29 is 4.79 Å². The van der Waals surface area contributed by atoms with Crippen LogP contribution < -0.4 is 11.1 Å². The van der Waals surface area contributed by atoms with E-state index in [0.717, 1.165) is 10.2 Å². The highest BCUT2D eigenvalue weighted by atomic mass is 79.9. The van der Waals surface area contributed by atoms with Gasteiger partial charge in [-0.15, -0.1) is 0 Å². The average Bonchev–Trinajstić information content (AvgIpc) is 2.02. The Labute approximate surface area is 85.4 Å². The van der Waals surface area contributed by atoms with Gasteiger partial charge in [-0.1, -0.05) is 15.9 Å². The Bertz CT molecular complexity index is 325. The number of nitrogens with two attached hydrogens (primary N) is 1. The third kappa shape index (κ3) is 3.06. The van der Waals surface area contributed by atoms with Crippen LogP contribution in [0, 0.1) is 0 Å². The van der Waals surface area contributed by atoms with Crippen LogP contribution in [0.5, 0.6) is 0 Å². The quantitative estimate of drug-likeness (QED) is 0.798. The zero-order valence-corrected chi connectivity index (χ0v) is 8.89. The topological polar surface area (TPSA) is 55.1 Å². The maximum absolute atomic E-state index is 10.7. The number of hydrogen-bond acceptors (Lipinski definition) is 3. The largest absolute Gasteiger partial charge is 0.397 e. The van der Waals surface area contributed by atoms with E-state index in [9.17, 15) is 4.79 Å². The van der Waals surface area contributed by atoms with E-state index in [1.165, 1.54) is 6.92 Å². The van der Waals surface area contributed by atoms with Crippen molar-refractivity contribution >= 4 is 33.1 Å². The second-order valence-electron chi connectivity index (χ2n) is 2.79. The Balaban J connectivity index is 2.72. The van der Waals surface area contributed by atoms with Gasteiger partial charge in [0.15, 0.2) is 0 Å². The average molecular weight is 243 g/mol. The summed E-state index contributed by atoms with van der Waals surface area (Å²) in [7, 11) is 0. The minimum absolute atomic E-state index is 0.0855. The molecule has 0 aliphatic rings. The summed E-state index contributed by atoms with van der Waals surface area (Å²) in [6.45, 7) is 1.84. The Morgan fingerprint density at radius 1 is 1.62 bits per heavy atom. The molecule has 0 amide bonds. The van der Waals surface area contributed by atoms with Gasteiger partial charge < -0.3 is 11.1 Å². The molecule has 0 saturated heterocycles. The van der Waals surface area contributed by atoms with Gasteiger partial charge >= 0.3 is 0 Å². The fraction of sp³-hybridized carbons (Fsp3) is 0.222. The van der Waals surface area contributed by atoms with Crippen LogP contribution in [0.15, 0.2) is 22.7 Å². The molecule has 0 saturated carbocycles. The number of Topliss-reactive ketones (excluding diaryl/α,β-unsaturated/α-hetero) is 1. The van der Waals surface area contributed by atoms with Crippen molar-refractivity contribution in [3.05, 3.63) is 22.7 Å². The number of nitrogen functional groups attached to an aromatic ring is 1. The van der Waals surface area contributed by atoms with Gasteiger partial charge in [-0.3, -0.25) is 4.79 Å². The van der Waals surface area contributed by atoms with Crippen molar-refractivity contribution in [2.45, 2.75) is 6.92 Å². The molecule has 0 fully saturated rings. The number of carbonyl (C=O) groups excluding carboxylic acids is 1. The summed E-state index contributed by atoms with van der Waals surface area (Å²) >= 11 is 3.30. The second-order valence-corrected chi connectivity index (χ2v) is 3.70. The molecule has 0 unspecified atom stereocenters. The summed E-state index contributed by atoms with van der Waals surface area (Å²) in [4.78, 5) is 10.7. The first-order valence-electron chi connectivity index (χ1n) is 3.88. The first kappa shape index (κ1) is 10.1. The standard InChI is InChI=1S/C9H11BrN2O/c1-6(13)5-12-9-3-2-7(10)4-8(9)11/h2-4,12H,5,11H2,1H3. The Morgan fingerprint density at radius 2 is 2.31 bits per heavy atom. The van der Waals surface area contributed by atoms with Gasteiger partial charge in [0.2, 0.25) is 0 Å². The van der Waals surface area contributed by atoms with Crippen LogP contribution in [0.25, 0.3) is 0 Å². The third-order valence-electron chi connectivity index (χ3n) is 1.54. The van der Waals surface area contributed by atoms with Crippen molar-refractivity contribution in [1.82, 2.24) is 0 Å². The number of rotatable bonds is 3. The van der Waals surface area contributed by atoms with Crippen LogP contribution in [0.1, 0.15) is 6.92 Å². The van der Waals surface area contributed by atoms with Gasteiger partial charge in [0.1, 0.15) is 5.78 Å². The molecule has 0 aliphatic heterocycles. The molecule has 0 radical (unpaired) electrons. The zero-order valence-electron chi connectivity index (χ0n) is 7.30. The molecule has 3 N–H and O–H groups in total. The third-order valence-corrected chi connectivity index (χ3v) is 2.03. The van der Waals surface area contributed by atoms with Crippen LogP contribution in [0.2, 0.25) is 0 Å². The van der Waals surface area contributed by atoms with Crippen LogP contribution in [0.3, 0.4) is 0 Å². The lowest BCUT2D eigenvalue weighted by Gasteiger charge is -2.07. The maximum atomic E-state index is 10.7. The van der Waals surface area contributed by atoms with Gasteiger partial charge in [0.05, 0.1) is 17.9 Å². The maximum Gasteiger partial charge on any atom is 0.148 e. The SMILES string of the molecule is CC(=O)CNc1ccc(Br)cc1N. The molecule has 1 aromatic carbocycles. The lowest BCUT2D eigenvalue weighted by atomic mass is 10.2. The van der Waals surface area contributed by atoms with E-state index in [-0.39, 0.29) is 5.78 Å². The number of benzene rings is 1. The highest BCUT2D eigenvalue weighted by Gasteiger charge is 1.99.